The molecule has 32 heavy (non-hydrogen) atoms. The summed E-state index contributed by atoms with van der Waals surface area (Å²) in [5.41, 5.74) is 0. The van der Waals surface area contributed by atoms with E-state index in [1.54, 1.807) is 6.08 Å². The summed E-state index contributed by atoms with van der Waals surface area (Å²) in [6.07, 6.45) is 37.6. The van der Waals surface area contributed by atoms with Crippen molar-refractivity contribution in [2.24, 2.45) is 0 Å². The minimum absolute atomic E-state index is 0.579. The smallest absolute Gasteiger partial charge is 0.133 e. The van der Waals surface area contributed by atoms with Gasteiger partial charge in [0.15, 0.2) is 0 Å². The van der Waals surface area contributed by atoms with Crippen molar-refractivity contribution < 1.29 is 10.2 Å². The lowest BCUT2D eigenvalue weighted by Crippen LogP contribution is -2.01. The molecule has 0 aliphatic carbocycles. The normalized spacial score (nSPS) is 12.9. The third-order valence-electron chi connectivity index (χ3n) is 5.50. The Balaban J connectivity index is 3.41. The van der Waals surface area contributed by atoms with Crippen LogP contribution in [0.2, 0.25) is 0 Å². The first kappa shape index (κ1) is 30.1. The topological polar surface area (TPSA) is 40.5 Å². The molecule has 0 heterocycles. The van der Waals surface area contributed by atoms with E-state index < -0.39 is 12.2 Å². The molecule has 2 atom stereocenters. The fourth-order valence-electron chi connectivity index (χ4n) is 3.53. The lowest BCUT2D eigenvalue weighted by Gasteiger charge is -2.02. The first-order chi connectivity index (χ1) is 15.7. The van der Waals surface area contributed by atoms with Gasteiger partial charge in [0.2, 0.25) is 0 Å². The van der Waals surface area contributed by atoms with Crippen LogP contribution in [0.1, 0.15) is 116 Å². The molecule has 0 saturated carbocycles. The maximum atomic E-state index is 9.90. The highest BCUT2D eigenvalue weighted by Gasteiger charge is 1.98. The number of allylic oxidation sites excluding steroid dienone is 3. The van der Waals surface area contributed by atoms with Crippen molar-refractivity contribution in [2.45, 2.75) is 128 Å². The summed E-state index contributed by atoms with van der Waals surface area (Å²) in [5.74, 6) is 10.9. The first-order valence-electron chi connectivity index (χ1n) is 12.8. The number of hydrogen-bond acceptors (Lipinski definition) is 2. The van der Waals surface area contributed by atoms with Gasteiger partial charge in [0.25, 0.3) is 0 Å². The third kappa shape index (κ3) is 24.4. The molecular weight excluding hydrogens is 392 g/mol. The molecule has 0 fully saturated rings. The number of hydrogen-bond donors (Lipinski definition) is 2. The van der Waals surface area contributed by atoms with E-state index in [1.165, 1.54) is 70.6 Å². The average molecular weight is 439 g/mol. The van der Waals surface area contributed by atoms with Crippen molar-refractivity contribution in [3.05, 3.63) is 24.3 Å². The summed E-state index contributed by atoms with van der Waals surface area (Å²) in [4.78, 5) is 0. The molecule has 0 rings (SSSR count). The van der Waals surface area contributed by atoms with Crippen LogP contribution < -0.4 is 0 Å². The van der Waals surface area contributed by atoms with Crippen LogP contribution in [0.4, 0.5) is 0 Å². The molecule has 0 aliphatic rings. The molecule has 0 radical (unpaired) electrons. The van der Waals surface area contributed by atoms with Gasteiger partial charge in [-0.05, 0) is 57.1 Å². The minimum atomic E-state index is -0.631. The summed E-state index contributed by atoms with van der Waals surface area (Å²) in [7, 11) is 0. The molecule has 0 aromatic carbocycles. The third-order valence-corrected chi connectivity index (χ3v) is 5.50. The molecule has 0 spiro atoms. The van der Waals surface area contributed by atoms with E-state index in [0.717, 1.165) is 38.5 Å². The van der Waals surface area contributed by atoms with Crippen LogP contribution in [0, 0.1) is 36.5 Å². The van der Waals surface area contributed by atoms with Gasteiger partial charge < -0.3 is 10.2 Å². The molecule has 178 valence electrons. The van der Waals surface area contributed by atoms with Gasteiger partial charge in [-0.1, -0.05) is 94.1 Å². The number of aliphatic hydroxyl groups excluding tert-OH is 2. The predicted octanol–water partition coefficient (Wildman–Crippen LogP) is 7.11. The fourth-order valence-corrected chi connectivity index (χ4v) is 3.53. The standard InChI is InChI=1S/C30H46O2/c1-3-5-6-7-8-9-10-11-12-13-14-18-21-24-27-30(32)28-25-22-19-16-15-17-20-23-26-29(31)4-2/h1-2,5-6,24,27,29-32H,7-23,26H2. The van der Waals surface area contributed by atoms with Crippen LogP contribution in [0.25, 0.3) is 0 Å². The number of terminal acetylenes is 2. The van der Waals surface area contributed by atoms with Crippen molar-refractivity contribution in [1.82, 2.24) is 0 Å². The second-order valence-corrected chi connectivity index (χ2v) is 8.51. The van der Waals surface area contributed by atoms with E-state index in [1.807, 2.05) is 6.08 Å². The molecule has 2 unspecified atom stereocenters. The van der Waals surface area contributed by atoms with Gasteiger partial charge in [-0.25, -0.2) is 0 Å². The Bertz CT molecular complexity index is 605. The van der Waals surface area contributed by atoms with E-state index in [0.29, 0.717) is 6.42 Å². The quantitative estimate of drug-likeness (QED) is 0.121. The van der Waals surface area contributed by atoms with Crippen molar-refractivity contribution in [1.29, 1.82) is 0 Å². The van der Waals surface area contributed by atoms with Crippen molar-refractivity contribution in [3.8, 4) is 36.5 Å². The highest BCUT2D eigenvalue weighted by Crippen LogP contribution is 2.11. The Morgan fingerprint density at radius 2 is 1.19 bits per heavy atom. The van der Waals surface area contributed by atoms with Gasteiger partial charge in [0.05, 0.1) is 0 Å². The van der Waals surface area contributed by atoms with E-state index in [4.69, 9.17) is 12.8 Å². The van der Waals surface area contributed by atoms with Gasteiger partial charge in [-0.15, -0.1) is 18.8 Å². The highest BCUT2D eigenvalue weighted by molar-refractivity contribution is 5.12. The van der Waals surface area contributed by atoms with E-state index in [-0.39, 0.29) is 0 Å². The van der Waals surface area contributed by atoms with Gasteiger partial charge >= 0.3 is 0 Å². The number of rotatable bonds is 20. The Kier molecular flexibility index (Phi) is 23.8. The Morgan fingerprint density at radius 3 is 1.78 bits per heavy atom. The molecule has 2 N–H and O–H groups in total. The van der Waals surface area contributed by atoms with Crippen molar-refractivity contribution >= 4 is 0 Å². The largest absolute Gasteiger partial charge is 0.380 e. The van der Waals surface area contributed by atoms with Crippen LogP contribution in [-0.2, 0) is 0 Å². The Hall–Kier alpha value is -1.92. The summed E-state index contributed by atoms with van der Waals surface area (Å²) in [5, 5.41) is 19.2. The monoisotopic (exact) mass is 438 g/mol. The van der Waals surface area contributed by atoms with Crippen LogP contribution in [0.15, 0.2) is 24.3 Å². The van der Waals surface area contributed by atoms with Crippen LogP contribution in [0.5, 0.6) is 0 Å². The van der Waals surface area contributed by atoms with E-state index in [9.17, 15) is 10.2 Å². The molecular formula is C30H46O2. The van der Waals surface area contributed by atoms with Crippen LogP contribution in [-0.4, -0.2) is 22.4 Å². The van der Waals surface area contributed by atoms with Crippen LogP contribution in [0.3, 0.4) is 0 Å². The minimum Gasteiger partial charge on any atom is -0.380 e. The molecule has 0 amide bonds. The van der Waals surface area contributed by atoms with Gasteiger partial charge in [-0.3, -0.25) is 0 Å². The number of aliphatic hydroxyl groups is 2. The summed E-state index contributed by atoms with van der Waals surface area (Å²) < 4.78 is 0. The molecule has 0 saturated heterocycles. The second kappa shape index (κ2) is 25.3. The first-order valence-corrected chi connectivity index (χ1v) is 12.8. The van der Waals surface area contributed by atoms with Crippen molar-refractivity contribution in [2.75, 3.05) is 0 Å². The molecule has 0 aliphatic heterocycles. The zero-order valence-electron chi connectivity index (χ0n) is 20.2. The number of unbranched alkanes of at least 4 members (excludes halogenated alkanes) is 15. The molecule has 2 nitrogen and oxygen atoms in total. The molecule has 0 aromatic heterocycles. The summed E-state index contributed by atoms with van der Waals surface area (Å²) in [6.45, 7) is 0. The fraction of sp³-hybridized carbons (Fsp3) is 0.667. The average Bonchev–Trinajstić information content (AvgIpc) is 2.80. The SMILES string of the molecule is C#CC=CCCCCCCCCCCC=CC(O)C#CCCCCCCCCC(O)C#C. The van der Waals surface area contributed by atoms with Gasteiger partial charge in [0.1, 0.15) is 12.2 Å². The lowest BCUT2D eigenvalue weighted by molar-refractivity contribution is 0.217. The predicted molar refractivity (Wildman–Crippen MR) is 139 cm³/mol. The van der Waals surface area contributed by atoms with Crippen molar-refractivity contribution in [3.63, 3.8) is 0 Å². The van der Waals surface area contributed by atoms with Crippen LogP contribution >= 0.6 is 0 Å². The molecule has 0 aromatic rings. The zero-order valence-corrected chi connectivity index (χ0v) is 20.2. The second-order valence-electron chi connectivity index (χ2n) is 8.51. The maximum absolute atomic E-state index is 9.90. The van der Waals surface area contributed by atoms with E-state index in [2.05, 4.69) is 35.8 Å². The summed E-state index contributed by atoms with van der Waals surface area (Å²) in [6, 6.07) is 0. The maximum Gasteiger partial charge on any atom is 0.133 e. The zero-order chi connectivity index (χ0) is 23.5. The highest BCUT2D eigenvalue weighted by atomic mass is 16.3. The van der Waals surface area contributed by atoms with Gasteiger partial charge in [-0.2, -0.15) is 0 Å². The van der Waals surface area contributed by atoms with Gasteiger partial charge in [0, 0.05) is 6.42 Å². The lowest BCUT2D eigenvalue weighted by atomic mass is 10.1. The molecule has 0 bridgehead atoms. The Labute approximate surface area is 199 Å². The molecule has 2 heteroatoms. The Morgan fingerprint density at radius 1 is 0.656 bits per heavy atom. The summed E-state index contributed by atoms with van der Waals surface area (Å²) >= 11 is 0. The van der Waals surface area contributed by atoms with E-state index >= 15 is 0 Å².